The van der Waals surface area contributed by atoms with Crippen LogP contribution in [-0.2, 0) is 10.2 Å². The molecule has 1 amide bonds. The maximum absolute atomic E-state index is 12.3. The Morgan fingerprint density at radius 1 is 1.33 bits per heavy atom. The number of thioether (sulfide) groups is 1. The van der Waals surface area contributed by atoms with E-state index in [0.717, 1.165) is 16.5 Å². The van der Waals surface area contributed by atoms with Gasteiger partial charge in [-0.15, -0.1) is 11.3 Å². The number of thiazole rings is 1. The van der Waals surface area contributed by atoms with Crippen molar-refractivity contribution in [3.8, 4) is 0 Å². The fourth-order valence-electron chi connectivity index (χ4n) is 2.12. The Balaban J connectivity index is 2.16. The van der Waals surface area contributed by atoms with E-state index in [1.807, 2.05) is 20.8 Å². The molecule has 21 heavy (non-hydrogen) atoms. The molecule has 2 heterocycles. The highest BCUT2D eigenvalue weighted by Crippen LogP contribution is 2.29. The number of aromatic nitrogens is 1. The van der Waals surface area contributed by atoms with E-state index < -0.39 is 17.4 Å². The summed E-state index contributed by atoms with van der Waals surface area (Å²) in [6.07, 6.45) is 0.907. The highest BCUT2D eigenvalue weighted by Gasteiger charge is 2.41. The van der Waals surface area contributed by atoms with Crippen LogP contribution in [0.4, 0.5) is 0 Å². The summed E-state index contributed by atoms with van der Waals surface area (Å²) in [6.45, 7) is 6.10. The summed E-state index contributed by atoms with van der Waals surface area (Å²) < 4.78 is 0. The van der Waals surface area contributed by atoms with Crippen molar-refractivity contribution in [2.75, 3.05) is 11.5 Å². The molecule has 0 saturated carbocycles. The molecule has 0 unspecified atom stereocenters. The first-order valence-corrected chi connectivity index (χ1v) is 8.88. The Kier molecular flexibility index (Phi) is 4.63. The van der Waals surface area contributed by atoms with Gasteiger partial charge in [-0.1, -0.05) is 20.8 Å². The van der Waals surface area contributed by atoms with Gasteiger partial charge in [0, 0.05) is 10.8 Å². The normalized spacial score (nSPS) is 18.2. The molecule has 0 spiro atoms. The number of nitrogens with one attached hydrogen (secondary N) is 1. The van der Waals surface area contributed by atoms with Crippen molar-refractivity contribution in [2.45, 2.75) is 44.6 Å². The topological polar surface area (TPSA) is 79.3 Å². The molecular formula is C14H20N2O3S2. The lowest BCUT2D eigenvalue weighted by molar-refractivity contribution is -0.144. The van der Waals surface area contributed by atoms with Crippen LogP contribution in [0.5, 0.6) is 0 Å². The van der Waals surface area contributed by atoms with Crippen molar-refractivity contribution in [1.82, 2.24) is 10.3 Å². The second-order valence-corrected chi connectivity index (χ2v) is 8.32. The summed E-state index contributed by atoms with van der Waals surface area (Å²) in [6, 6.07) is 0. The number of amides is 1. The van der Waals surface area contributed by atoms with E-state index in [9.17, 15) is 14.7 Å². The standard InChI is InChI=1S/C14H20N2O3S2/c1-13(2,3)11-15-9(8-21-11)10(17)16-14(12(18)19)4-6-20-7-5-14/h8H,4-7H2,1-3H3,(H,16,17)(H,18,19). The molecule has 0 aromatic carbocycles. The van der Waals surface area contributed by atoms with Crippen molar-refractivity contribution < 1.29 is 14.7 Å². The summed E-state index contributed by atoms with van der Waals surface area (Å²) in [4.78, 5) is 28.2. The fourth-order valence-corrected chi connectivity index (χ4v) is 4.19. The third kappa shape index (κ3) is 3.58. The zero-order valence-corrected chi connectivity index (χ0v) is 14.1. The summed E-state index contributed by atoms with van der Waals surface area (Å²) in [7, 11) is 0. The molecule has 1 aliphatic rings. The van der Waals surface area contributed by atoms with Gasteiger partial charge in [0.15, 0.2) is 0 Å². The third-order valence-corrected chi connectivity index (χ3v) is 5.74. The van der Waals surface area contributed by atoms with E-state index in [1.165, 1.54) is 11.3 Å². The maximum atomic E-state index is 12.3. The smallest absolute Gasteiger partial charge is 0.329 e. The van der Waals surface area contributed by atoms with Crippen molar-refractivity contribution in [3.63, 3.8) is 0 Å². The first kappa shape index (κ1) is 16.3. The SMILES string of the molecule is CC(C)(C)c1nc(C(=O)NC2(C(=O)O)CCSCC2)cs1. The zero-order valence-electron chi connectivity index (χ0n) is 12.4. The lowest BCUT2D eigenvalue weighted by Crippen LogP contribution is -2.56. The lowest BCUT2D eigenvalue weighted by Gasteiger charge is -2.33. The number of hydrogen-bond acceptors (Lipinski definition) is 5. The molecule has 1 fully saturated rings. The van der Waals surface area contributed by atoms with Crippen LogP contribution in [0.15, 0.2) is 5.38 Å². The van der Waals surface area contributed by atoms with Gasteiger partial charge in [0.05, 0.1) is 5.01 Å². The predicted molar refractivity (Wildman–Crippen MR) is 85.2 cm³/mol. The van der Waals surface area contributed by atoms with E-state index in [4.69, 9.17) is 0 Å². The molecule has 0 bridgehead atoms. The lowest BCUT2D eigenvalue weighted by atomic mass is 9.92. The molecule has 1 saturated heterocycles. The minimum absolute atomic E-state index is 0.116. The molecule has 2 rings (SSSR count). The second-order valence-electron chi connectivity index (χ2n) is 6.24. The Morgan fingerprint density at radius 2 is 1.95 bits per heavy atom. The predicted octanol–water partition coefficient (Wildman–Crippen LogP) is 2.52. The number of rotatable bonds is 3. The molecule has 0 aliphatic carbocycles. The number of carboxylic acid groups (broad SMARTS) is 1. The van der Waals surface area contributed by atoms with Crippen LogP contribution in [0, 0.1) is 0 Å². The number of aliphatic carboxylic acids is 1. The summed E-state index contributed by atoms with van der Waals surface area (Å²) in [5, 5.41) is 14.8. The van der Waals surface area contributed by atoms with Gasteiger partial charge in [-0.05, 0) is 24.3 Å². The van der Waals surface area contributed by atoms with Crippen LogP contribution < -0.4 is 5.32 Å². The second kappa shape index (κ2) is 5.96. The number of carbonyl (C=O) groups is 2. The van der Waals surface area contributed by atoms with Gasteiger partial charge in [-0.3, -0.25) is 4.79 Å². The van der Waals surface area contributed by atoms with Gasteiger partial charge in [0.1, 0.15) is 11.2 Å². The van der Waals surface area contributed by atoms with Crippen molar-refractivity contribution in [3.05, 3.63) is 16.1 Å². The first-order valence-electron chi connectivity index (χ1n) is 6.84. The number of nitrogens with zero attached hydrogens (tertiary/aromatic N) is 1. The largest absolute Gasteiger partial charge is 0.480 e. The first-order chi connectivity index (χ1) is 9.74. The highest BCUT2D eigenvalue weighted by atomic mass is 32.2. The van der Waals surface area contributed by atoms with Crippen molar-refractivity contribution >= 4 is 35.0 Å². The Morgan fingerprint density at radius 3 is 2.43 bits per heavy atom. The van der Waals surface area contributed by atoms with Crippen molar-refractivity contribution in [1.29, 1.82) is 0 Å². The quantitative estimate of drug-likeness (QED) is 0.891. The van der Waals surface area contributed by atoms with E-state index in [1.54, 1.807) is 17.1 Å². The molecule has 0 radical (unpaired) electrons. The highest BCUT2D eigenvalue weighted by molar-refractivity contribution is 7.99. The van der Waals surface area contributed by atoms with Gasteiger partial charge in [0.25, 0.3) is 5.91 Å². The van der Waals surface area contributed by atoms with E-state index >= 15 is 0 Å². The fraction of sp³-hybridized carbons (Fsp3) is 0.643. The minimum Gasteiger partial charge on any atom is -0.480 e. The molecule has 7 heteroatoms. The van der Waals surface area contributed by atoms with Crippen LogP contribution in [0.2, 0.25) is 0 Å². The third-order valence-electron chi connectivity index (χ3n) is 3.49. The summed E-state index contributed by atoms with van der Waals surface area (Å²) in [5.41, 5.74) is -0.952. The van der Waals surface area contributed by atoms with Crippen molar-refractivity contribution in [2.24, 2.45) is 0 Å². The van der Waals surface area contributed by atoms with Gasteiger partial charge in [0.2, 0.25) is 0 Å². The van der Waals surface area contributed by atoms with E-state index in [2.05, 4.69) is 10.3 Å². The number of carboxylic acids is 1. The molecule has 5 nitrogen and oxygen atoms in total. The van der Waals surface area contributed by atoms with E-state index in [-0.39, 0.29) is 5.41 Å². The average Bonchev–Trinajstić information content (AvgIpc) is 2.89. The Hall–Kier alpha value is -1.08. The summed E-state index contributed by atoms with van der Waals surface area (Å²) >= 11 is 3.15. The van der Waals surface area contributed by atoms with Crippen LogP contribution >= 0.6 is 23.1 Å². The monoisotopic (exact) mass is 328 g/mol. The number of carbonyl (C=O) groups excluding carboxylic acids is 1. The van der Waals surface area contributed by atoms with Crippen LogP contribution in [0.25, 0.3) is 0 Å². The molecule has 116 valence electrons. The van der Waals surface area contributed by atoms with Gasteiger partial charge < -0.3 is 10.4 Å². The molecular weight excluding hydrogens is 308 g/mol. The Labute approximate surface area is 132 Å². The zero-order chi connectivity index (χ0) is 15.7. The molecule has 1 aromatic rings. The van der Waals surface area contributed by atoms with E-state index in [0.29, 0.717) is 18.5 Å². The molecule has 2 N–H and O–H groups in total. The maximum Gasteiger partial charge on any atom is 0.329 e. The summed E-state index contributed by atoms with van der Waals surface area (Å²) in [5.74, 6) is 0.145. The molecule has 1 aliphatic heterocycles. The van der Waals surface area contributed by atoms with Crippen LogP contribution in [-0.4, -0.2) is 39.0 Å². The van der Waals surface area contributed by atoms with Crippen LogP contribution in [0.1, 0.15) is 49.1 Å². The van der Waals surface area contributed by atoms with Crippen LogP contribution in [0.3, 0.4) is 0 Å². The van der Waals surface area contributed by atoms with Gasteiger partial charge in [-0.2, -0.15) is 11.8 Å². The Bertz CT molecular complexity index is 543. The van der Waals surface area contributed by atoms with Gasteiger partial charge >= 0.3 is 5.97 Å². The number of hydrogen-bond donors (Lipinski definition) is 2. The average molecular weight is 328 g/mol. The minimum atomic E-state index is -1.14. The molecule has 0 atom stereocenters. The van der Waals surface area contributed by atoms with Gasteiger partial charge in [-0.25, -0.2) is 9.78 Å². The molecule has 1 aromatic heterocycles.